The second-order valence-electron chi connectivity index (χ2n) is 9.82. The molecule has 0 fully saturated rings. The van der Waals surface area contributed by atoms with Gasteiger partial charge in [0.2, 0.25) is 0 Å². The Morgan fingerprint density at radius 3 is 1.32 bits per heavy atom. The highest BCUT2D eigenvalue weighted by Gasteiger charge is 2.48. The Morgan fingerprint density at radius 2 is 0.775 bits per heavy atom. The molecule has 4 heteroatoms. The Labute approximate surface area is 235 Å². The Bertz CT molecular complexity index is 1770. The van der Waals surface area contributed by atoms with Crippen LogP contribution in [-0.2, 0) is 4.57 Å². The molecule has 0 aliphatic carbocycles. The molecule has 1 aliphatic heterocycles. The smallest absolute Gasteiger partial charge is 0.270 e. The van der Waals surface area contributed by atoms with Gasteiger partial charge in [-0.1, -0.05) is 109 Å². The van der Waals surface area contributed by atoms with Crippen molar-refractivity contribution in [3.8, 4) is 22.3 Å². The van der Waals surface area contributed by atoms with E-state index in [4.69, 9.17) is 0 Å². The Hall–Kier alpha value is -4.85. The van der Waals surface area contributed by atoms with Crippen LogP contribution in [0.1, 0.15) is 0 Å². The van der Waals surface area contributed by atoms with Crippen LogP contribution in [0.3, 0.4) is 0 Å². The SMILES string of the molecule is O=P1(c2cccc(-c3cccc(-c4ccccc4)c3)c2)N(c2ccccc2)c2ccccc2N1c1ccccc1. The zero-order valence-electron chi connectivity index (χ0n) is 21.8. The molecule has 0 amide bonds. The maximum Gasteiger partial charge on any atom is 0.301 e. The van der Waals surface area contributed by atoms with Gasteiger partial charge in [-0.15, -0.1) is 0 Å². The molecule has 0 atom stereocenters. The van der Waals surface area contributed by atoms with Crippen molar-refractivity contribution in [1.82, 2.24) is 0 Å². The van der Waals surface area contributed by atoms with Gasteiger partial charge in [0, 0.05) is 11.4 Å². The molecule has 0 saturated carbocycles. The van der Waals surface area contributed by atoms with Gasteiger partial charge in [-0.3, -0.25) is 13.9 Å². The van der Waals surface area contributed by atoms with Crippen LogP contribution in [0.5, 0.6) is 0 Å². The molecule has 1 aliphatic rings. The number of rotatable bonds is 5. The number of fused-ring (bicyclic) bond motifs is 1. The summed E-state index contributed by atoms with van der Waals surface area (Å²) in [4.78, 5) is 0. The van der Waals surface area contributed by atoms with Crippen molar-refractivity contribution in [2.45, 2.75) is 0 Å². The molecule has 0 N–H and O–H groups in total. The zero-order valence-corrected chi connectivity index (χ0v) is 22.7. The summed E-state index contributed by atoms with van der Waals surface area (Å²) in [5.74, 6) is 0. The molecular weight excluding hydrogens is 507 g/mol. The molecule has 40 heavy (non-hydrogen) atoms. The summed E-state index contributed by atoms with van der Waals surface area (Å²) in [7, 11) is -3.42. The molecule has 6 aromatic carbocycles. The van der Waals surface area contributed by atoms with E-state index in [2.05, 4.69) is 72.8 Å². The highest BCUT2D eigenvalue weighted by atomic mass is 31.2. The molecule has 0 bridgehead atoms. The standard InChI is InChI=1S/C36H27N2OP/c39-40(34-23-13-18-31(27-34)30-17-12-16-29(26-30)28-14-4-1-5-15-28)37(32-19-6-2-7-20-32)35-24-10-11-25-36(35)38(40)33-21-8-3-9-22-33/h1-27H. The van der Waals surface area contributed by atoms with Gasteiger partial charge in [0.15, 0.2) is 0 Å². The van der Waals surface area contributed by atoms with Crippen molar-refractivity contribution >= 4 is 35.5 Å². The third kappa shape index (κ3) is 4.04. The molecule has 1 heterocycles. The minimum atomic E-state index is -3.42. The van der Waals surface area contributed by atoms with Crippen LogP contribution in [0, 0.1) is 0 Å². The number of hydrogen-bond donors (Lipinski definition) is 0. The van der Waals surface area contributed by atoms with E-state index < -0.39 is 7.44 Å². The fraction of sp³-hybridized carbons (Fsp3) is 0. The van der Waals surface area contributed by atoms with Crippen molar-refractivity contribution in [3.63, 3.8) is 0 Å². The lowest BCUT2D eigenvalue weighted by atomic mass is 9.99. The molecule has 7 rings (SSSR count). The van der Waals surface area contributed by atoms with Crippen molar-refractivity contribution < 1.29 is 4.57 Å². The highest BCUT2D eigenvalue weighted by molar-refractivity contribution is 7.76. The summed E-state index contributed by atoms with van der Waals surface area (Å²) in [6, 6.07) is 55.4. The first-order valence-electron chi connectivity index (χ1n) is 13.4. The third-order valence-corrected chi connectivity index (χ3v) is 10.3. The number of benzene rings is 6. The van der Waals surface area contributed by atoms with Crippen molar-refractivity contribution in [3.05, 3.63) is 164 Å². The molecule has 0 aromatic heterocycles. The fourth-order valence-electron chi connectivity index (χ4n) is 5.54. The average molecular weight is 535 g/mol. The van der Waals surface area contributed by atoms with Crippen LogP contribution in [-0.4, -0.2) is 0 Å². The maximum atomic E-state index is 15.9. The van der Waals surface area contributed by atoms with Crippen molar-refractivity contribution in [2.24, 2.45) is 0 Å². The summed E-state index contributed by atoms with van der Waals surface area (Å²) >= 11 is 0. The number of para-hydroxylation sites is 4. The van der Waals surface area contributed by atoms with Gasteiger partial charge in [0.05, 0.1) is 16.7 Å². The average Bonchev–Trinajstić information content (AvgIpc) is 3.31. The first kappa shape index (κ1) is 24.2. The molecule has 0 spiro atoms. The second-order valence-corrected chi connectivity index (χ2v) is 12.2. The number of hydrogen-bond acceptors (Lipinski definition) is 1. The van der Waals surface area contributed by atoms with Crippen LogP contribution >= 0.6 is 7.44 Å². The third-order valence-electron chi connectivity index (χ3n) is 7.37. The van der Waals surface area contributed by atoms with Crippen LogP contribution in [0.15, 0.2) is 164 Å². The summed E-state index contributed by atoms with van der Waals surface area (Å²) in [6.45, 7) is 0. The van der Waals surface area contributed by atoms with E-state index >= 15 is 4.57 Å². The monoisotopic (exact) mass is 534 g/mol. The largest absolute Gasteiger partial charge is 0.301 e. The topological polar surface area (TPSA) is 23.6 Å². The van der Waals surface area contributed by atoms with Gasteiger partial charge in [-0.25, -0.2) is 0 Å². The van der Waals surface area contributed by atoms with Crippen LogP contribution in [0.2, 0.25) is 0 Å². The van der Waals surface area contributed by atoms with Gasteiger partial charge >= 0.3 is 7.44 Å². The molecule has 3 nitrogen and oxygen atoms in total. The lowest BCUT2D eigenvalue weighted by Gasteiger charge is -2.33. The minimum Gasteiger partial charge on any atom is -0.270 e. The van der Waals surface area contributed by atoms with Gasteiger partial charge in [0.25, 0.3) is 0 Å². The Kier molecular flexibility index (Phi) is 6.07. The lowest BCUT2D eigenvalue weighted by molar-refractivity contribution is 0.582. The van der Waals surface area contributed by atoms with Crippen LogP contribution in [0.4, 0.5) is 22.7 Å². The van der Waals surface area contributed by atoms with Crippen LogP contribution in [0.25, 0.3) is 22.3 Å². The van der Waals surface area contributed by atoms with E-state index in [0.29, 0.717) is 0 Å². The van der Waals surface area contributed by atoms with Crippen LogP contribution < -0.4 is 14.6 Å². The second kappa shape index (κ2) is 10.0. The van der Waals surface area contributed by atoms with E-state index in [0.717, 1.165) is 44.7 Å². The van der Waals surface area contributed by atoms with Gasteiger partial charge < -0.3 is 0 Å². The Morgan fingerprint density at radius 1 is 0.375 bits per heavy atom. The summed E-state index contributed by atoms with van der Waals surface area (Å²) in [6.07, 6.45) is 0. The van der Waals surface area contributed by atoms with E-state index in [1.54, 1.807) is 0 Å². The quantitative estimate of drug-likeness (QED) is 0.206. The number of anilines is 4. The molecule has 0 unspecified atom stereocenters. The molecule has 192 valence electrons. The minimum absolute atomic E-state index is 0.777. The molecular formula is C36H27N2OP. The van der Waals surface area contributed by atoms with Gasteiger partial charge in [0.1, 0.15) is 0 Å². The summed E-state index contributed by atoms with van der Waals surface area (Å²) in [5, 5.41) is 0.777. The van der Waals surface area contributed by atoms with E-state index in [1.165, 1.54) is 5.56 Å². The predicted molar refractivity (Wildman–Crippen MR) is 168 cm³/mol. The summed E-state index contributed by atoms with van der Waals surface area (Å²) in [5.41, 5.74) is 8.09. The highest BCUT2D eigenvalue weighted by Crippen LogP contribution is 2.69. The van der Waals surface area contributed by atoms with Gasteiger partial charge in [-0.05, 0) is 76.9 Å². The molecule has 0 radical (unpaired) electrons. The fourth-order valence-corrected chi connectivity index (χ4v) is 8.58. The predicted octanol–water partition coefficient (Wildman–Crippen LogP) is 9.83. The lowest BCUT2D eigenvalue weighted by Crippen LogP contribution is -2.26. The number of nitrogens with zero attached hydrogens (tertiary/aromatic N) is 2. The first-order chi connectivity index (χ1) is 19.7. The van der Waals surface area contributed by atoms with E-state index in [9.17, 15) is 0 Å². The van der Waals surface area contributed by atoms with E-state index in [-0.39, 0.29) is 0 Å². The van der Waals surface area contributed by atoms with Crippen molar-refractivity contribution in [2.75, 3.05) is 9.34 Å². The molecule has 6 aromatic rings. The van der Waals surface area contributed by atoms with Crippen molar-refractivity contribution in [1.29, 1.82) is 0 Å². The molecule has 0 saturated heterocycles. The summed E-state index contributed by atoms with van der Waals surface area (Å²) < 4.78 is 19.9. The normalized spacial score (nSPS) is 13.7. The van der Waals surface area contributed by atoms with E-state index in [1.807, 2.05) is 100 Å². The zero-order chi connectivity index (χ0) is 26.9. The maximum absolute atomic E-state index is 15.9. The van der Waals surface area contributed by atoms with Gasteiger partial charge in [-0.2, -0.15) is 0 Å². The Balaban J connectivity index is 1.43. The first-order valence-corrected chi connectivity index (χ1v) is 15.0.